The van der Waals surface area contributed by atoms with E-state index in [1.54, 1.807) is 12.1 Å². The van der Waals surface area contributed by atoms with Gasteiger partial charge in [-0.3, -0.25) is 0 Å². The molecule has 3 rings (SSSR count). The lowest BCUT2D eigenvalue weighted by Gasteiger charge is -2.28. The summed E-state index contributed by atoms with van der Waals surface area (Å²) in [6.45, 7) is 5.21. The van der Waals surface area contributed by atoms with Crippen LogP contribution in [0.3, 0.4) is 0 Å². The largest absolute Gasteiger partial charge is 0.485 e. The molecule has 1 N–H and O–H groups in total. The summed E-state index contributed by atoms with van der Waals surface area (Å²) in [6.07, 6.45) is -0.00656. The van der Waals surface area contributed by atoms with Gasteiger partial charge in [-0.05, 0) is 48.7 Å². The summed E-state index contributed by atoms with van der Waals surface area (Å²) in [4.78, 5) is 11.2. The van der Waals surface area contributed by atoms with Crippen LogP contribution in [0.25, 0.3) is 11.1 Å². The fraction of sp³-hybridized carbons (Fsp3) is 0.278. The minimum atomic E-state index is -0.956. The predicted octanol–water partition coefficient (Wildman–Crippen LogP) is 3.45. The highest BCUT2D eigenvalue weighted by atomic mass is 16.6. The van der Waals surface area contributed by atoms with E-state index >= 15 is 0 Å². The van der Waals surface area contributed by atoms with E-state index in [1.807, 2.05) is 18.2 Å². The van der Waals surface area contributed by atoms with Crippen LogP contribution in [0.5, 0.6) is 5.75 Å². The average Bonchev–Trinajstić information content (AvgIpc) is 2.46. The second-order valence-corrected chi connectivity index (χ2v) is 5.54. The van der Waals surface area contributed by atoms with Gasteiger partial charge in [-0.2, -0.15) is 0 Å². The highest BCUT2D eigenvalue weighted by Gasteiger charge is 2.23. The van der Waals surface area contributed by atoms with Crippen LogP contribution >= 0.6 is 0 Å². The molecule has 0 radical (unpaired) electrons. The summed E-state index contributed by atoms with van der Waals surface area (Å²) < 4.78 is 11.1. The minimum absolute atomic E-state index is 0.00656. The first-order valence-corrected chi connectivity index (χ1v) is 7.24. The lowest BCUT2D eigenvalue weighted by molar-refractivity contribution is -0.0794. The van der Waals surface area contributed by atoms with E-state index < -0.39 is 5.97 Å². The van der Waals surface area contributed by atoms with E-state index in [2.05, 4.69) is 19.9 Å². The summed E-state index contributed by atoms with van der Waals surface area (Å²) in [6, 6.07) is 11.1. The summed E-state index contributed by atoms with van der Waals surface area (Å²) in [5.41, 5.74) is 4.56. The van der Waals surface area contributed by atoms with E-state index in [1.165, 1.54) is 11.1 Å². The van der Waals surface area contributed by atoms with E-state index in [9.17, 15) is 9.90 Å². The SMILES string of the molecule is Cc1cccc(-c2ccc(C(=O)O)cc2OC2COC2)c1C. The Labute approximate surface area is 129 Å². The maximum atomic E-state index is 11.2. The predicted molar refractivity (Wildman–Crippen MR) is 83.5 cm³/mol. The minimum Gasteiger partial charge on any atom is -0.485 e. The van der Waals surface area contributed by atoms with Crippen molar-refractivity contribution in [2.45, 2.75) is 20.0 Å². The first kappa shape index (κ1) is 14.6. The Hall–Kier alpha value is -2.33. The third-order valence-electron chi connectivity index (χ3n) is 4.02. The molecule has 0 aromatic heterocycles. The molecular formula is C18H18O4. The molecule has 0 saturated carbocycles. The molecule has 0 bridgehead atoms. The molecule has 114 valence electrons. The molecule has 2 aromatic rings. The lowest BCUT2D eigenvalue weighted by atomic mass is 9.95. The zero-order valence-corrected chi connectivity index (χ0v) is 12.6. The van der Waals surface area contributed by atoms with E-state index in [0.717, 1.165) is 11.1 Å². The van der Waals surface area contributed by atoms with Crippen molar-refractivity contribution in [3.63, 3.8) is 0 Å². The molecule has 4 heteroatoms. The van der Waals surface area contributed by atoms with Gasteiger partial charge in [0, 0.05) is 5.56 Å². The van der Waals surface area contributed by atoms with Crippen molar-refractivity contribution in [2.24, 2.45) is 0 Å². The van der Waals surface area contributed by atoms with Crippen molar-refractivity contribution in [3.8, 4) is 16.9 Å². The lowest BCUT2D eigenvalue weighted by Crippen LogP contribution is -2.38. The summed E-state index contributed by atoms with van der Waals surface area (Å²) >= 11 is 0. The number of ether oxygens (including phenoxy) is 2. The first-order valence-electron chi connectivity index (χ1n) is 7.24. The summed E-state index contributed by atoms with van der Waals surface area (Å²) in [5, 5.41) is 9.19. The van der Waals surface area contributed by atoms with Crippen LogP contribution in [0.1, 0.15) is 21.5 Å². The fourth-order valence-electron chi connectivity index (χ4n) is 2.48. The van der Waals surface area contributed by atoms with Gasteiger partial charge in [0.1, 0.15) is 11.9 Å². The average molecular weight is 298 g/mol. The number of hydrogen-bond acceptors (Lipinski definition) is 3. The van der Waals surface area contributed by atoms with Crippen molar-refractivity contribution in [2.75, 3.05) is 13.2 Å². The van der Waals surface area contributed by atoms with Gasteiger partial charge in [0.25, 0.3) is 0 Å². The number of carbonyl (C=O) groups is 1. The molecule has 0 aliphatic carbocycles. The fourth-order valence-corrected chi connectivity index (χ4v) is 2.48. The topological polar surface area (TPSA) is 55.8 Å². The van der Waals surface area contributed by atoms with Crippen LogP contribution in [-0.4, -0.2) is 30.4 Å². The van der Waals surface area contributed by atoms with E-state index in [0.29, 0.717) is 19.0 Å². The molecule has 0 amide bonds. The normalized spacial score (nSPS) is 14.5. The Balaban J connectivity index is 2.08. The molecule has 22 heavy (non-hydrogen) atoms. The number of carboxylic acid groups (broad SMARTS) is 1. The van der Waals surface area contributed by atoms with Gasteiger partial charge in [0.2, 0.25) is 0 Å². The summed E-state index contributed by atoms with van der Waals surface area (Å²) in [5.74, 6) is -0.357. The molecule has 0 spiro atoms. The van der Waals surface area contributed by atoms with Gasteiger partial charge in [0.15, 0.2) is 0 Å². The van der Waals surface area contributed by atoms with Crippen LogP contribution in [0, 0.1) is 13.8 Å². The van der Waals surface area contributed by atoms with Gasteiger partial charge in [-0.15, -0.1) is 0 Å². The molecule has 1 fully saturated rings. The maximum Gasteiger partial charge on any atom is 0.335 e. The zero-order valence-electron chi connectivity index (χ0n) is 12.6. The highest BCUT2D eigenvalue weighted by molar-refractivity contribution is 5.90. The highest BCUT2D eigenvalue weighted by Crippen LogP contribution is 2.35. The second kappa shape index (κ2) is 5.81. The Kier molecular flexibility index (Phi) is 3.86. The van der Waals surface area contributed by atoms with Crippen molar-refractivity contribution < 1.29 is 19.4 Å². The standard InChI is InChI=1S/C18H18O4/c1-11-4-3-5-15(12(11)2)16-7-6-13(18(19)20)8-17(16)22-14-9-21-10-14/h3-8,14H,9-10H2,1-2H3,(H,19,20). The molecule has 0 atom stereocenters. The van der Waals surface area contributed by atoms with Crippen LogP contribution < -0.4 is 4.74 Å². The van der Waals surface area contributed by atoms with E-state index in [-0.39, 0.29) is 11.7 Å². The molecule has 1 saturated heterocycles. The number of hydrogen-bond donors (Lipinski definition) is 1. The molecule has 4 nitrogen and oxygen atoms in total. The summed E-state index contributed by atoms with van der Waals surface area (Å²) in [7, 11) is 0. The smallest absolute Gasteiger partial charge is 0.335 e. The number of carboxylic acids is 1. The first-order chi connectivity index (χ1) is 10.6. The molecule has 0 unspecified atom stereocenters. The van der Waals surface area contributed by atoms with Gasteiger partial charge < -0.3 is 14.6 Å². The molecule has 1 aliphatic heterocycles. The molecular weight excluding hydrogens is 280 g/mol. The second-order valence-electron chi connectivity index (χ2n) is 5.54. The van der Waals surface area contributed by atoms with Gasteiger partial charge in [-0.25, -0.2) is 4.79 Å². The van der Waals surface area contributed by atoms with Gasteiger partial charge in [0.05, 0.1) is 18.8 Å². The number of rotatable bonds is 4. The number of benzene rings is 2. The zero-order chi connectivity index (χ0) is 15.7. The Morgan fingerprint density at radius 1 is 1.18 bits per heavy atom. The van der Waals surface area contributed by atoms with Crippen molar-refractivity contribution >= 4 is 5.97 Å². The third-order valence-corrected chi connectivity index (χ3v) is 4.02. The third kappa shape index (κ3) is 2.70. The Morgan fingerprint density at radius 3 is 2.59 bits per heavy atom. The van der Waals surface area contributed by atoms with Gasteiger partial charge >= 0.3 is 5.97 Å². The monoisotopic (exact) mass is 298 g/mol. The molecule has 1 aliphatic rings. The van der Waals surface area contributed by atoms with E-state index in [4.69, 9.17) is 9.47 Å². The Morgan fingerprint density at radius 2 is 1.95 bits per heavy atom. The molecule has 1 heterocycles. The molecule has 2 aromatic carbocycles. The number of aromatic carboxylic acids is 1. The maximum absolute atomic E-state index is 11.2. The van der Waals surface area contributed by atoms with Crippen molar-refractivity contribution in [1.29, 1.82) is 0 Å². The van der Waals surface area contributed by atoms with Crippen LogP contribution in [0.15, 0.2) is 36.4 Å². The van der Waals surface area contributed by atoms with Crippen molar-refractivity contribution in [1.82, 2.24) is 0 Å². The Bertz CT molecular complexity index is 717. The van der Waals surface area contributed by atoms with Crippen LogP contribution in [0.2, 0.25) is 0 Å². The van der Waals surface area contributed by atoms with Gasteiger partial charge in [-0.1, -0.05) is 18.2 Å². The van der Waals surface area contributed by atoms with Crippen molar-refractivity contribution in [3.05, 3.63) is 53.1 Å². The van der Waals surface area contributed by atoms with Crippen LogP contribution in [0.4, 0.5) is 0 Å². The quantitative estimate of drug-likeness (QED) is 0.939. The number of aryl methyl sites for hydroxylation is 1. The van der Waals surface area contributed by atoms with Crippen LogP contribution in [-0.2, 0) is 4.74 Å².